The molecule has 0 bridgehead atoms. The summed E-state index contributed by atoms with van der Waals surface area (Å²) in [6, 6.07) is 18.4. The molecule has 2 heterocycles. The molecule has 0 fully saturated rings. The van der Waals surface area contributed by atoms with Crippen LogP contribution in [0.2, 0.25) is 0 Å². The highest BCUT2D eigenvalue weighted by molar-refractivity contribution is 6.03. The molecule has 170 valence electrons. The van der Waals surface area contributed by atoms with E-state index in [1.165, 1.54) is 69.2 Å². The van der Waals surface area contributed by atoms with Crippen LogP contribution in [0.25, 0.3) is 0 Å². The van der Waals surface area contributed by atoms with Gasteiger partial charge in [-0.3, -0.25) is 0 Å². The van der Waals surface area contributed by atoms with Crippen molar-refractivity contribution in [3.63, 3.8) is 0 Å². The number of rotatable bonds is 1. The fourth-order valence-corrected chi connectivity index (χ4v) is 6.40. The van der Waals surface area contributed by atoms with Crippen LogP contribution < -0.4 is 14.7 Å². The van der Waals surface area contributed by atoms with Gasteiger partial charge in [-0.1, -0.05) is 52.0 Å². The maximum absolute atomic E-state index is 2.56. The van der Waals surface area contributed by atoms with Gasteiger partial charge in [0, 0.05) is 12.7 Å². The fourth-order valence-electron chi connectivity index (χ4n) is 6.40. The van der Waals surface area contributed by atoms with E-state index in [9.17, 15) is 0 Å². The lowest BCUT2D eigenvalue weighted by Gasteiger charge is -2.44. The van der Waals surface area contributed by atoms with E-state index in [4.69, 9.17) is 0 Å². The van der Waals surface area contributed by atoms with Crippen LogP contribution in [0.15, 0.2) is 48.5 Å². The first-order valence-electron chi connectivity index (χ1n) is 12.3. The summed E-state index contributed by atoms with van der Waals surface area (Å²) in [5.74, 6) is 0. The molecular weight excluding hydrogens is 402 g/mol. The minimum atomic E-state index is 0.199. The summed E-state index contributed by atoms with van der Waals surface area (Å²) in [5.41, 5.74) is 14.1. The van der Waals surface area contributed by atoms with Crippen molar-refractivity contribution in [3.05, 3.63) is 70.8 Å². The van der Waals surface area contributed by atoms with E-state index in [1.807, 2.05) is 0 Å². The van der Waals surface area contributed by atoms with Gasteiger partial charge in [-0.25, -0.2) is 0 Å². The van der Waals surface area contributed by atoms with Crippen LogP contribution in [0.1, 0.15) is 62.8 Å². The quantitative estimate of drug-likeness (QED) is 0.382. The van der Waals surface area contributed by atoms with E-state index in [2.05, 4.69) is 112 Å². The van der Waals surface area contributed by atoms with Crippen molar-refractivity contribution in [2.24, 2.45) is 0 Å². The number of fused-ring (bicyclic) bond motifs is 3. The summed E-state index contributed by atoms with van der Waals surface area (Å²) in [4.78, 5) is 7.49. The lowest BCUT2D eigenvalue weighted by Crippen LogP contribution is -2.36. The van der Waals surface area contributed by atoms with E-state index >= 15 is 0 Å². The molecule has 0 radical (unpaired) electrons. The molecule has 6 rings (SSSR count). The average Bonchev–Trinajstić information content (AvgIpc) is 3.15. The number of nitrogens with zero attached hydrogens (tertiary/aromatic N) is 3. The monoisotopic (exact) mass is 437 g/mol. The van der Waals surface area contributed by atoms with Gasteiger partial charge in [-0.15, -0.1) is 0 Å². The zero-order valence-corrected chi connectivity index (χ0v) is 21.1. The zero-order chi connectivity index (χ0) is 23.3. The van der Waals surface area contributed by atoms with Gasteiger partial charge >= 0.3 is 0 Å². The van der Waals surface area contributed by atoms with Gasteiger partial charge in [-0.05, 0) is 84.0 Å². The van der Waals surface area contributed by atoms with Crippen molar-refractivity contribution in [2.45, 2.75) is 65.2 Å². The first-order chi connectivity index (χ1) is 15.6. The summed E-state index contributed by atoms with van der Waals surface area (Å²) in [6.45, 7) is 15.0. The predicted octanol–water partition coefficient (Wildman–Crippen LogP) is 7.98. The molecule has 2 aliphatic heterocycles. The fraction of sp³-hybridized carbons (Fsp3) is 0.400. The van der Waals surface area contributed by atoms with Crippen molar-refractivity contribution >= 4 is 34.1 Å². The molecule has 0 unspecified atom stereocenters. The molecule has 3 aromatic carbocycles. The van der Waals surface area contributed by atoms with Gasteiger partial charge in [0.2, 0.25) is 0 Å². The molecule has 1 aliphatic carbocycles. The standard InChI is InChI=1S/C30H35N3/c1-19-10-8-11-20(2)27(19)32-18-33-26-17-22-21(29(3,4)14-15-30(22,5)6)16-25(26)31(7)23-12-9-13-24(32)28(23)33/h8-13,16-17H,14-15,18H2,1-7H3. The summed E-state index contributed by atoms with van der Waals surface area (Å²) >= 11 is 0. The Morgan fingerprint density at radius 3 is 1.79 bits per heavy atom. The molecular formula is C30H35N3. The van der Waals surface area contributed by atoms with Gasteiger partial charge in [0.1, 0.15) is 6.67 Å². The predicted molar refractivity (Wildman–Crippen MR) is 141 cm³/mol. The maximum Gasteiger partial charge on any atom is 0.100 e. The summed E-state index contributed by atoms with van der Waals surface area (Å²) in [5, 5.41) is 0. The highest BCUT2D eigenvalue weighted by Crippen LogP contribution is 2.58. The molecule has 0 amide bonds. The normalized spacial score (nSPS) is 19.3. The van der Waals surface area contributed by atoms with Crippen LogP contribution >= 0.6 is 0 Å². The van der Waals surface area contributed by atoms with Crippen LogP contribution in [-0.2, 0) is 10.8 Å². The van der Waals surface area contributed by atoms with Gasteiger partial charge in [-0.2, -0.15) is 0 Å². The molecule has 0 saturated carbocycles. The van der Waals surface area contributed by atoms with Crippen LogP contribution in [-0.4, -0.2) is 13.7 Å². The SMILES string of the molecule is Cc1cccc(C)c1N1CN2c3cc4c(cc3N(C)c3cccc1c32)C(C)(C)CCC4(C)C. The first-order valence-corrected chi connectivity index (χ1v) is 12.3. The second kappa shape index (κ2) is 6.56. The Balaban J connectivity index is 1.59. The van der Waals surface area contributed by atoms with Crippen molar-refractivity contribution in [3.8, 4) is 0 Å². The lowest BCUT2D eigenvalue weighted by molar-refractivity contribution is 0.332. The third-order valence-electron chi connectivity index (χ3n) is 8.51. The Hall–Kier alpha value is -2.94. The second-order valence-electron chi connectivity index (χ2n) is 11.6. The molecule has 33 heavy (non-hydrogen) atoms. The highest BCUT2D eigenvalue weighted by Gasteiger charge is 2.42. The number of benzene rings is 3. The first kappa shape index (κ1) is 20.7. The molecule has 0 aromatic heterocycles. The third-order valence-corrected chi connectivity index (χ3v) is 8.51. The minimum Gasteiger partial charge on any atom is -0.341 e. The Morgan fingerprint density at radius 2 is 1.15 bits per heavy atom. The van der Waals surface area contributed by atoms with Crippen LogP contribution in [0.4, 0.5) is 34.1 Å². The Kier molecular flexibility index (Phi) is 4.11. The van der Waals surface area contributed by atoms with Gasteiger partial charge in [0.25, 0.3) is 0 Å². The molecule has 3 nitrogen and oxygen atoms in total. The summed E-state index contributed by atoms with van der Waals surface area (Å²) < 4.78 is 0. The highest BCUT2D eigenvalue weighted by atomic mass is 15.4. The lowest BCUT2D eigenvalue weighted by atomic mass is 9.63. The Morgan fingerprint density at radius 1 is 0.636 bits per heavy atom. The van der Waals surface area contributed by atoms with Gasteiger partial charge in [0.15, 0.2) is 0 Å². The van der Waals surface area contributed by atoms with Crippen LogP contribution in [0, 0.1) is 13.8 Å². The largest absolute Gasteiger partial charge is 0.341 e. The molecule has 0 atom stereocenters. The topological polar surface area (TPSA) is 9.72 Å². The van der Waals surface area contributed by atoms with Crippen LogP contribution in [0.5, 0.6) is 0 Å². The zero-order valence-electron chi connectivity index (χ0n) is 21.1. The third kappa shape index (κ3) is 2.74. The summed E-state index contributed by atoms with van der Waals surface area (Å²) in [6.07, 6.45) is 2.47. The van der Waals surface area contributed by atoms with Gasteiger partial charge < -0.3 is 14.7 Å². The van der Waals surface area contributed by atoms with Crippen molar-refractivity contribution < 1.29 is 0 Å². The molecule has 0 spiro atoms. The Bertz CT molecular complexity index is 1280. The number of hydrogen-bond donors (Lipinski definition) is 0. The van der Waals surface area contributed by atoms with Crippen molar-refractivity contribution in [1.82, 2.24) is 0 Å². The van der Waals surface area contributed by atoms with E-state index in [0.29, 0.717) is 0 Å². The number of hydrogen-bond acceptors (Lipinski definition) is 3. The van der Waals surface area contributed by atoms with Crippen LogP contribution in [0.3, 0.4) is 0 Å². The van der Waals surface area contributed by atoms with E-state index < -0.39 is 0 Å². The number of aryl methyl sites for hydroxylation is 2. The number of para-hydroxylation sites is 2. The maximum atomic E-state index is 2.56. The molecule has 0 saturated heterocycles. The van der Waals surface area contributed by atoms with E-state index in [1.54, 1.807) is 0 Å². The molecule has 3 aromatic rings. The van der Waals surface area contributed by atoms with E-state index in [-0.39, 0.29) is 10.8 Å². The van der Waals surface area contributed by atoms with Gasteiger partial charge in [0.05, 0.1) is 28.4 Å². The molecule has 3 aliphatic rings. The molecule has 0 N–H and O–H groups in total. The Labute approximate surface area is 198 Å². The minimum absolute atomic E-state index is 0.199. The average molecular weight is 438 g/mol. The number of anilines is 6. The van der Waals surface area contributed by atoms with Crippen molar-refractivity contribution in [1.29, 1.82) is 0 Å². The smallest absolute Gasteiger partial charge is 0.100 e. The molecule has 3 heteroatoms. The second-order valence-corrected chi connectivity index (χ2v) is 11.6. The summed E-state index contributed by atoms with van der Waals surface area (Å²) in [7, 11) is 2.24. The van der Waals surface area contributed by atoms with Crippen molar-refractivity contribution in [2.75, 3.05) is 28.4 Å². The van der Waals surface area contributed by atoms with E-state index in [0.717, 1.165) is 6.67 Å².